The van der Waals surface area contributed by atoms with Crippen LogP contribution in [0.3, 0.4) is 0 Å². The van der Waals surface area contributed by atoms with Crippen LogP contribution in [0, 0.1) is 6.92 Å². The molecule has 0 spiro atoms. The zero-order valence-corrected chi connectivity index (χ0v) is 10.4. The van der Waals surface area contributed by atoms with E-state index in [2.05, 4.69) is 5.10 Å². The van der Waals surface area contributed by atoms with Crippen molar-refractivity contribution in [2.75, 3.05) is 7.11 Å². The van der Waals surface area contributed by atoms with Crippen molar-refractivity contribution in [3.63, 3.8) is 0 Å². The molecular weight excluding hydrogens is 214 g/mol. The Balaban J connectivity index is 2.59. The van der Waals surface area contributed by atoms with Crippen LogP contribution < -0.4 is 10.5 Å². The monoisotopic (exact) mass is 231 g/mol. The summed E-state index contributed by atoms with van der Waals surface area (Å²) in [6, 6.07) is 6.08. The summed E-state index contributed by atoms with van der Waals surface area (Å²) < 4.78 is 7.17. The number of methoxy groups -OCH3 is 1. The van der Waals surface area contributed by atoms with Crippen LogP contribution in [0.15, 0.2) is 24.4 Å². The minimum atomic E-state index is 0.472. The lowest BCUT2D eigenvalue weighted by molar-refractivity contribution is 0.416. The Labute approximate surface area is 101 Å². The largest absolute Gasteiger partial charge is 0.496 e. The van der Waals surface area contributed by atoms with E-state index in [-0.39, 0.29) is 0 Å². The van der Waals surface area contributed by atoms with Crippen LogP contribution in [0.4, 0.5) is 0 Å². The number of aryl methyl sites for hydroxylation is 2. The first-order valence-electron chi connectivity index (χ1n) is 5.53. The van der Waals surface area contributed by atoms with Crippen molar-refractivity contribution in [2.24, 2.45) is 12.8 Å². The number of rotatable bonds is 3. The van der Waals surface area contributed by atoms with E-state index in [0.717, 1.165) is 28.1 Å². The molecule has 0 fully saturated rings. The molecule has 0 bridgehead atoms. The van der Waals surface area contributed by atoms with Crippen molar-refractivity contribution in [1.82, 2.24) is 9.78 Å². The fraction of sp³-hybridized carbons (Fsp3) is 0.308. The second-order valence-electron chi connectivity index (χ2n) is 4.08. The van der Waals surface area contributed by atoms with E-state index in [4.69, 9.17) is 10.5 Å². The Hall–Kier alpha value is -1.81. The molecule has 4 nitrogen and oxygen atoms in total. The van der Waals surface area contributed by atoms with E-state index in [1.165, 1.54) is 0 Å². The molecule has 1 aromatic carbocycles. The van der Waals surface area contributed by atoms with Crippen LogP contribution in [0.1, 0.15) is 11.1 Å². The summed E-state index contributed by atoms with van der Waals surface area (Å²) in [6.07, 6.45) is 1.94. The molecule has 0 unspecified atom stereocenters. The van der Waals surface area contributed by atoms with Crippen molar-refractivity contribution in [3.8, 4) is 17.0 Å². The van der Waals surface area contributed by atoms with E-state index in [9.17, 15) is 0 Å². The zero-order valence-electron chi connectivity index (χ0n) is 10.4. The van der Waals surface area contributed by atoms with Crippen LogP contribution in [0.5, 0.6) is 5.75 Å². The van der Waals surface area contributed by atoms with Gasteiger partial charge in [0.15, 0.2) is 0 Å². The van der Waals surface area contributed by atoms with Gasteiger partial charge in [0.2, 0.25) is 0 Å². The summed E-state index contributed by atoms with van der Waals surface area (Å²) in [6.45, 7) is 2.51. The quantitative estimate of drug-likeness (QED) is 0.877. The topological polar surface area (TPSA) is 53.1 Å². The van der Waals surface area contributed by atoms with Crippen LogP contribution in [0.2, 0.25) is 0 Å². The average Bonchev–Trinajstić information content (AvgIpc) is 2.70. The highest BCUT2D eigenvalue weighted by Gasteiger charge is 2.13. The van der Waals surface area contributed by atoms with E-state index < -0.39 is 0 Å². The third kappa shape index (κ3) is 2.17. The fourth-order valence-electron chi connectivity index (χ4n) is 1.91. The number of hydrogen-bond donors (Lipinski definition) is 1. The first-order valence-corrected chi connectivity index (χ1v) is 5.53. The van der Waals surface area contributed by atoms with E-state index in [1.54, 1.807) is 11.8 Å². The van der Waals surface area contributed by atoms with Crippen LogP contribution in [-0.4, -0.2) is 16.9 Å². The van der Waals surface area contributed by atoms with E-state index in [1.807, 2.05) is 38.4 Å². The van der Waals surface area contributed by atoms with Crippen molar-refractivity contribution >= 4 is 0 Å². The lowest BCUT2D eigenvalue weighted by atomic mass is 10.1. The van der Waals surface area contributed by atoms with E-state index >= 15 is 0 Å². The second-order valence-corrected chi connectivity index (χ2v) is 4.08. The molecule has 1 heterocycles. The number of benzene rings is 1. The molecular formula is C13H17N3O. The van der Waals surface area contributed by atoms with Gasteiger partial charge in [0.1, 0.15) is 11.4 Å². The molecule has 0 saturated carbocycles. The first-order chi connectivity index (χ1) is 8.15. The van der Waals surface area contributed by atoms with Gasteiger partial charge in [-0.3, -0.25) is 4.68 Å². The van der Waals surface area contributed by atoms with Gasteiger partial charge in [-0.05, 0) is 24.6 Å². The third-order valence-corrected chi connectivity index (χ3v) is 2.74. The highest BCUT2D eigenvalue weighted by Crippen LogP contribution is 2.31. The lowest BCUT2D eigenvalue weighted by Crippen LogP contribution is -1.98. The molecule has 0 amide bonds. The third-order valence-electron chi connectivity index (χ3n) is 2.74. The van der Waals surface area contributed by atoms with E-state index in [0.29, 0.717) is 6.54 Å². The van der Waals surface area contributed by atoms with Gasteiger partial charge in [0, 0.05) is 30.9 Å². The maximum absolute atomic E-state index is 5.73. The summed E-state index contributed by atoms with van der Waals surface area (Å²) in [5.74, 6) is 0.832. The molecule has 4 heteroatoms. The van der Waals surface area contributed by atoms with Gasteiger partial charge in [-0.25, -0.2) is 0 Å². The summed E-state index contributed by atoms with van der Waals surface area (Å²) >= 11 is 0. The van der Waals surface area contributed by atoms with Gasteiger partial charge >= 0.3 is 0 Å². The molecule has 0 aliphatic rings. The highest BCUT2D eigenvalue weighted by molar-refractivity contribution is 5.70. The number of nitrogens with zero attached hydrogens (tertiary/aromatic N) is 2. The Bertz CT molecular complexity index is 531. The molecule has 0 radical (unpaired) electrons. The van der Waals surface area contributed by atoms with Gasteiger partial charge < -0.3 is 10.5 Å². The van der Waals surface area contributed by atoms with Crippen LogP contribution >= 0.6 is 0 Å². The maximum Gasteiger partial charge on any atom is 0.128 e. The van der Waals surface area contributed by atoms with Crippen LogP contribution in [-0.2, 0) is 13.6 Å². The fourth-order valence-corrected chi connectivity index (χ4v) is 1.91. The standard InChI is InChI=1S/C13H17N3O/c1-9-4-5-11(12(6-9)17-3)13-10(7-14)8-16(2)15-13/h4-6,8H,7,14H2,1-3H3. The van der Waals surface area contributed by atoms with Gasteiger partial charge in [-0.1, -0.05) is 6.07 Å². The highest BCUT2D eigenvalue weighted by atomic mass is 16.5. The summed E-state index contributed by atoms with van der Waals surface area (Å²) in [4.78, 5) is 0. The first kappa shape index (κ1) is 11.7. The Kier molecular flexibility index (Phi) is 3.15. The molecule has 0 aliphatic carbocycles. The second kappa shape index (κ2) is 4.59. The van der Waals surface area contributed by atoms with Crippen molar-refractivity contribution in [3.05, 3.63) is 35.5 Å². The summed E-state index contributed by atoms with van der Waals surface area (Å²) in [5, 5.41) is 4.45. The number of aromatic nitrogens is 2. The molecule has 2 N–H and O–H groups in total. The minimum Gasteiger partial charge on any atom is -0.496 e. The maximum atomic E-state index is 5.73. The van der Waals surface area contributed by atoms with Gasteiger partial charge in [0.05, 0.1) is 7.11 Å². The Morgan fingerprint density at radius 3 is 2.82 bits per heavy atom. The molecule has 2 rings (SSSR count). The zero-order chi connectivity index (χ0) is 12.4. The number of hydrogen-bond acceptors (Lipinski definition) is 3. The lowest BCUT2D eigenvalue weighted by Gasteiger charge is -2.08. The molecule has 90 valence electrons. The predicted molar refractivity (Wildman–Crippen MR) is 67.8 cm³/mol. The van der Waals surface area contributed by atoms with Crippen molar-refractivity contribution < 1.29 is 4.74 Å². The number of ether oxygens (including phenoxy) is 1. The average molecular weight is 231 g/mol. The Morgan fingerprint density at radius 1 is 1.41 bits per heavy atom. The van der Waals surface area contributed by atoms with Gasteiger partial charge in [-0.2, -0.15) is 5.10 Å². The molecule has 17 heavy (non-hydrogen) atoms. The van der Waals surface area contributed by atoms with Crippen LogP contribution in [0.25, 0.3) is 11.3 Å². The molecule has 0 atom stereocenters. The van der Waals surface area contributed by atoms with Gasteiger partial charge in [-0.15, -0.1) is 0 Å². The van der Waals surface area contributed by atoms with Crippen molar-refractivity contribution in [2.45, 2.75) is 13.5 Å². The van der Waals surface area contributed by atoms with Crippen molar-refractivity contribution in [1.29, 1.82) is 0 Å². The summed E-state index contributed by atoms with van der Waals surface area (Å²) in [5.41, 5.74) is 9.79. The molecule has 0 saturated heterocycles. The molecule has 2 aromatic rings. The Morgan fingerprint density at radius 2 is 2.18 bits per heavy atom. The number of nitrogens with two attached hydrogens (primary N) is 1. The normalized spacial score (nSPS) is 10.6. The summed E-state index contributed by atoms with van der Waals surface area (Å²) in [7, 11) is 3.56. The van der Waals surface area contributed by atoms with Gasteiger partial charge in [0.25, 0.3) is 0 Å². The molecule has 1 aromatic heterocycles. The molecule has 0 aliphatic heterocycles. The SMILES string of the molecule is COc1cc(C)ccc1-c1nn(C)cc1CN. The smallest absolute Gasteiger partial charge is 0.128 e. The predicted octanol–water partition coefficient (Wildman–Crippen LogP) is 1.86. The minimum absolute atomic E-state index is 0.472.